The molecule has 0 saturated carbocycles. The molecule has 0 saturated heterocycles. The van der Waals surface area contributed by atoms with Gasteiger partial charge in [-0.1, -0.05) is 146 Å². The minimum atomic E-state index is -4.59. The van der Waals surface area contributed by atoms with Crippen LogP contribution in [-0.2, 0) is 18.4 Å². The summed E-state index contributed by atoms with van der Waals surface area (Å²) in [6.07, 6.45) is 41.5. The molecule has 0 fully saturated rings. The fourth-order valence-corrected chi connectivity index (χ4v) is 6.17. The average Bonchev–Trinajstić information content (AvgIpc) is 3.07. The summed E-state index contributed by atoms with van der Waals surface area (Å²) < 4.78 is 23.1. The first-order valence-electron chi connectivity index (χ1n) is 20.5. The topological polar surface area (TPSA) is 108 Å². The monoisotopic (exact) mass is 739 g/mol. The average molecular weight is 739 g/mol. The predicted molar refractivity (Wildman–Crippen MR) is 214 cm³/mol. The predicted octanol–water partition coefficient (Wildman–Crippen LogP) is 10.3. The number of carbonyl (C=O) groups is 1. The molecule has 0 bridgehead atoms. The summed E-state index contributed by atoms with van der Waals surface area (Å²) in [6, 6.07) is -0.908. The number of nitrogens with zero attached hydrogens (tertiary/aromatic N) is 1. The van der Waals surface area contributed by atoms with Crippen molar-refractivity contribution in [1.29, 1.82) is 0 Å². The fourth-order valence-electron chi connectivity index (χ4n) is 5.45. The molecule has 0 aromatic rings. The molecule has 0 rings (SSSR count). The molecule has 1 amide bonds. The first-order chi connectivity index (χ1) is 24.5. The molecule has 0 spiro atoms. The molecule has 0 aromatic heterocycles. The lowest BCUT2D eigenvalue weighted by Crippen LogP contribution is -2.45. The summed E-state index contributed by atoms with van der Waals surface area (Å²) in [4.78, 5) is 25.2. The van der Waals surface area contributed by atoms with Crippen LogP contribution in [0.25, 0.3) is 0 Å². The van der Waals surface area contributed by atoms with Crippen LogP contribution in [0.2, 0.25) is 0 Å². The molecule has 8 nitrogen and oxygen atoms in total. The third kappa shape index (κ3) is 36.6. The van der Waals surface area contributed by atoms with Crippen LogP contribution in [-0.4, -0.2) is 68.5 Å². The number of carbonyl (C=O) groups excluding carboxylic acids is 1. The SMILES string of the molecule is CCCCC/C=C\C=C/CCCCCCCCC(=O)NC(COP(=O)([O-])OCC[N+](C)(C)C)C(O)/C=C/CC/C=C/CCCCCCCCCC. The van der Waals surface area contributed by atoms with Crippen LogP contribution in [0.4, 0.5) is 0 Å². The molecule has 51 heavy (non-hydrogen) atoms. The molecule has 0 aromatic carbocycles. The van der Waals surface area contributed by atoms with Crippen LogP contribution >= 0.6 is 7.82 Å². The van der Waals surface area contributed by atoms with E-state index >= 15 is 0 Å². The zero-order valence-electron chi connectivity index (χ0n) is 33.5. The number of amides is 1. The quantitative estimate of drug-likeness (QED) is 0.0218. The van der Waals surface area contributed by atoms with E-state index in [0.717, 1.165) is 57.8 Å². The highest BCUT2D eigenvalue weighted by Crippen LogP contribution is 2.38. The summed E-state index contributed by atoms with van der Waals surface area (Å²) in [6.45, 7) is 4.55. The van der Waals surface area contributed by atoms with Gasteiger partial charge in [0.05, 0.1) is 39.9 Å². The van der Waals surface area contributed by atoms with E-state index in [0.29, 0.717) is 17.4 Å². The highest BCUT2D eigenvalue weighted by molar-refractivity contribution is 7.45. The third-order valence-corrected chi connectivity index (χ3v) is 9.75. The Balaban J connectivity index is 4.58. The van der Waals surface area contributed by atoms with Crippen LogP contribution in [0.15, 0.2) is 48.6 Å². The van der Waals surface area contributed by atoms with E-state index in [1.165, 1.54) is 83.5 Å². The molecular weight excluding hydrogens is 659 g/mol. The molecule has 2 N–H and O–H groups in total. The first kappa shape index (κ1) is 49.5. The third-order valence-electron chi connectivity index (χ3n) is 8.79. The van der Waals surface area contributed by atoms with Gasteiger partial charge in [-0.25, -0.2) is 0 Å². The second-order valence-electron chi connectivity index (χ2n) is 15.0. The maximum atomic E-state index is 12.8. The zero-order chi connectivity index (χ0) is 37.9. The van der Waals surface area contributed by atoms with Crippen molar-refractivity contribution in [3.05, 3.63) is 48.6 Å². The molecule has 0 aliphatic carbocycles. The lowest BCUT2D eigenvalue weighted by molar-refractivity contribution is -0.870. The van der Waals surface area contributed by atoms with E-state index in [1.54, 1.807) is 6.08 Å². The Labute approximate surface area is 314 Å². The molecule has 3 unspecified atom stereocenters. The number of hydrogen-bond acceptors (Lipinski definition) is 6. The Morgan fingerprint density at radius 2 is 1.16 bits per heavy atom. The molecule has 0 aliphatic heterocycles. The van der Waals surface area contributed by atoms with Gasteiger partial charge in [-0.05, 0) is 57.8 Å². The second-order valence-corrected chi connectivity index (χ2v) is 16.4. The smallest absolute Gasteiger partial charge is 0.268 e. The number of phosphoric acid groups is 1. The minimum Gasteiger partial charge on any atom is -0.756 e. The molecule has 0 heterocycles. The maximum absolute atomic E-state index is 12.8. The van der Waals surface area contributed by atoms with Gasteiger partial charge in [0.1, 0.15) is 13.2 Å². The van der Waals surface area contributed by atoms with Gasteiger partial charge >= 0.3 is 0 Å². The number of aliphatic hydroxyl groups excluding tert-OH is 1. The number of likely N-dealkylation sites (N-methyl/N-ethyl adjacent to an activating group) is 1. The Morgan fingerprint density at radius 1 is 0.686 bits per heavy atom. The number of hydrogen-bond donors (Lipinski definition) is 2. The number of aliphatic hydroxyl groups is 1. The van der Waals surface area contributed by atoms with Crippen molar-refractivity contribution in [2.75, 3.05) is 40.9 Å². The van der Waals surface area contributed by atoms with E-state index < -0.39 is 26.6 Å². The zero-order valence-corrected chi connectivity index (χ0v) is 34.4. The van der Waals surface area contributed by atoms with Crippen LogP contribution in [0.1, 0.15) is 162 Å². The number of nitrogens with one attached hydrogen (secondary N) is 1. The van der Waals surface area contributed by atoms with Crippen molar-refractivity contribution in [2.45, 2.75) is 174 Å². The van der Waals surface area contributed by atoms with Gasteiger partial charge in [0, 0.05) is 6.42 Å². The van der Waals surface area contributed by atoms with Gasteiger partial charge in [0.15, 0.2) is 0 Å². The number of phosphoric ester groups is 1. The van der Waals surface area contributed by atoms with E-state index in [2.05, 4.69) is 55.6 Å². The Bertz CT molecular complexity index is 975. The molecular formula is C42H79N2O6P. The Hall–Kier alpha value is -1.54. The van der Waals surface area contributed by atoms with Gasteiger partial charge in [0.2, 0.25) is 5.91 Å². The lowest BCUT2D eigenvalue weighted by atomic mass is 10.1. The first-order valence-corrected chi connectivity index (χ1v) is 22.0. The van der Waals surface area contributed by atoms with Crippen molar-refractivity contribution in [3.8, 4) is 0 Å². The van der Waals surface area contributed by atoms with Gasteiger partial charge in [-0.2, -0.15) is 0 Å². The largest absolute Gasteiger partial charge is 0.756 e. The van der Waals surface area contributed by atoms with E-state index in [-0.39, 0.29) is 12.5 Å². The summed E-state index contributed by atoms with van der Waals surface area (Å²) in [5.41, 5.74) is 0. The summed E-state index contributed by atoms with van der Waals surface area (Å²) in [5.74, 6) is -0.223. The molecule has 298 valence electrons. The van der Waals surface area contributed by atoms with E-state index in [4.69, 9.17) is 9.05 Å². The van der Waals surface area contributed by atoms with Gasteiger partial charge in [0.25, 0.3) is 7.82 Å². The normalized spacial score (nSPS) is 15.0. The summed E-state index contributed by atoms with van der Waals surface area (Å²) >= 11 is 0. The highest BCUT2D eigenvalue weighted by Gasteiger charge is 2.23. The second kappa shape index (κ2) is 34.2. The summed E-state index contributed by atoms with van der Waals surface area (Å²) in [7, 11) is 1.23. The van der Waals surface area contributed by atoms with Crippen molar-refractivity contribution in [3.63, 3.8) is 0 Å². The minimum absolute atomic E-state index is 0.0104. The van der Waals surface area contributed by atoms with Crippen molar-refractivity contribution >= 4 is 13.7 Å². The number of quaternary nitrogens is 1. The number of allylic oxidation sites excluding steroid dienone is 7. The standard InChI is InChI=1S/C42H79N2O6P/c1-6-8-10-12-14-16-18-20-22-24-26-28-30-32-34-36-42(46)43-40(39-50-51(47,48)49-38-37-44(3,4)5)41(45)35-33-31-29-27-25-23-21-19-17-15-13-11-9-7-2/h14,16,18,20,25,27,33,35,40-41,45H,6-13,15,17,19,21-24,26,28-32,34,36-39H2,1-5H3,(H-,43,46,47,48)/b16-14-,20-18-,27-25+,35-33+. The number of rotatable bonds is 36. The van der Waals surface area contributed by atoms with Crippen molar-refractivity contribution in [1.82, 2.24) is 5.32 Å². The van der Waals surface area contributed by atoms with Gasteiger partial charge in [-0.3, -0.25) is 9.36 Å². The Morgan fingerprint density at radius 3 is 1.75 bits per heavy atom. The van der Waals surface area contributed by atoms with Crippen LogP contribution in [0.3, 0.4) is 0 Å². The van der Waals surface area contributed by atoms with Crippen LogP contribution in [0, 0.1) is 0 Å². The molecule has 3 atom stereocenters. The van der Waals surface area contributed by atoms with E-state index in [9.17, 15) is 19.4 Å². The molecule has 0 aliphatic rings. The van der Waals surface area contributed by atoms with Crippen LogP contribution < -0.4 is 10.2 Å². The Kier molecular flexibility index (Phi) is 33.2. The van der Waals surface area contributed by atoms with Crippen LogP contribution in [0.5, 0.6) is 0 Å². The molecule has 0 radical (unpaired) electrons. The van der Waals surface area contributed by atoms with Gasteiger partial charge in [-0.15, -0.1) is 0 Å². The number of unbranched alkanes of at least 4 members (excludes halogenated alkanes) is 18. The van der Waals surface area contributed by atoms with Crippen molar-refractivity contribution < 1.29 is 32.9 Å². The molecule has 9 heteroatoms. The van der Waals surface area contributed by atoms with Gasteiger partial charge < -0.3 is 28.8 Å². The summed E-state index contributed by atoms with van der Waals surface area (Å²) in [5, 5.41) is 13.7. The van der Waals surface area contributed by atoms with Crippen molar-refractivity contribution in [2.24, 2.45) is 0 Å². The lowest BCUT2D eigenvalue weighted by Gasteiger charge is -2.29. The maximum Gasteiger partial charge on any atom is 0.268 e. The fraction of sp³-hybridized carbons (Fsp3) is 0.786. The van der Waals surface area contributed by atoms with E-state index in [1.807, 2.05) is 27.2 Å². The highest BCUT2D eigenvalue weighted by atomic mass is 31.2.